The van der Waals surface area contributed by atoms with Crippen LogP contribution in [-0.2, 0) is 4.74 Å². The maximum absolute atomic E-state index is 11.4. The number of nitriles is 1. The van der Waals surface area contributed by atoms with Crippen LogP contribution in [0, 0.1) is 11.3 Å². The number of amides is 1. The summed E-state index contributed by atoms with van der Waals surface area (Å²) in [7, 11) is 0. The molecule has 0 saturated carbocycles. The van der Waals surface area contributed by atoms with Crippen LogP contribution in [0.2, 0.25) is 0 Å². The number of aliphatic hydroxyl groups excluding tert-OH is 2. The summed E-state index contributed by atoms with van der Waals surface area (Å²) < 4.78 is 5.01. The van der Waals surface area contributed by atoms with Gasteiger partial charge in [-0.25, -0.2) is 4.79 Å². The van der Waals surface area contributed by atoms with Gasteiger partial charge in [-0.15, -0.1) is 0 Å². The molecular weight excluding hydrogens is 274 g/mol. The number of carbonyl (C=O) groups excluding carboxylic acids is 1. The molecule has 2 atom stereocenters. The lowest BCUT2D eigenvalue weighted by molar-refractivity contribution is 0.0109. The summed E-state index contributed by atoms with van der Waals surface area (Å²) >= 11 is 0. The average Bonchev–Trinajstić information content (AvgIpc) is 2.42. The molecule has 0 bridgehead atoms. The fourth-order valence-electron chi connectivity index (χ4n) is 1.46. The van der Waals surface area contributed by atoms with E-state index in [1.807, 2.05) is 6.07 Å². The first-order chi connectivity index (χ1) is 9.73. The summed E-state index contributed by atoms with van der Waals surface area (Å²) in [6, 6.07) is 4.83. The predicted octanol–water partition coefficient (Wildman–Crippen LogP) is 0.872. The smallest absolute Gasteiger partial charge is 0.407 e. The largest absolute Gasteiger partial charge is 0.444 e. The molecule has 0 aliphatic carbocycles. The van der Waals surface area contributed by atoms with Gasteiger partial charge in [0.15, 0.2) is 0 Å². The molecule has 3 N–H and O–H groups in total. The minimum atomic E-state index is -1.27. The molecule has 7 nitrogen and oxygen atoms in total. The summed E-state index contributed by atoms with van der Waals surface area (Å²) in [5, 5.41) is 30.7. The number of pyridine rings is 1. The lowest BCUT2D eigenvalue weighted by Crippen LogP contribution is -2.39. The third kappa shape index (κ3) is 5.77. The van der Waals surface area contributed by atoms with Crippen LogP contribution in [0.15, 0.2) is 18.3 Å². The Hall–Kier alpha value is -2.17. The Bertz CT molecular complexity index is 517. The first-order valence-electron chi connectivity index (χ1n) is 6.42. The molecule has 1 heterocycles. The summed E-state index contributed by atoms with van der Waals surface area (Å²) in [5.74, 6) is 0. The lowest BCUT2D eigenvalue weighted by Gasteiger charge is -2.22. The monoisotopic (exact) mass is 293 g/mol. The number of alkyl carbamates (subject to hydrolysis) is 1. The fraction of sp³-hybridized carbons (Fsp3) is 0.500. The Kier molecular flexibility index (Phi) is 5.64. The van der Waals surface area contributed by atoms with Crippen molar-refractivity contribution in [2.24, 2.45) is 0 Å². The van der Waals surface area contributed by atoms with E-state index < -0.39 is 23.9 Å². The van der Waals surface area contributed by atoms with Gasteiger partial charge in [-0.3, -0.25) is 4.98 Å². The zero-order valence-corrected chi connectivity index (χ0v) is 12.2. The molecule has 0 spiro atoms. The van der Waals surface area contributed by atoms with Gasteiger partial charge >= 0.3 is 6.09 Å². The van der Waals surface area contributed by atoms with Crippen molar-refractivity contribution in [1.82, 2.24) is 10.3 Å². The normalized spacial score (nSPS) is 13.9. The van der Waals surface area contributed by atoms with Crippen molar-refractivity contribution in [3.05, 3.63) is 29.6 Å². The molecule has 1 aromatic rings. The van der Waals surface area contributed by atoms with Crippen molar-refractivity contribution < 1.29 is 19.7 Å². The second-order valence-corrected chi connectivity index (χ2v) is 5.48. The summed E-state index contributed by atoms with van der Waals surface area (Å²) in [4.78, 5) is 15.3. The van der Waals surface area contributed by atoms with Crippen molar-refractivity contribution in [3.63, 3.8) is 0 Å². The molecule has 0 aliphatic heterocycles. The molecule has 1 aromatic heterocycles. The molecule has 0 radical (unpaired) electrons. The van der Waals surface area contributed by atoms with Gasteiger partial charge in [0, 0.05) is 12.7 Å². The molecule has 2 unspecified atom stereocenters. The van der Waals surface area contributed by atoms with Crippen LogP contribution in [0.5, 0.6) is 0 Å². The first-order valence-corrected chi connectivity index (χ1v) is 6.42. The van der Waals surface area contributed by atoms with E-state index in [1.165, 1.54) is 18.3 Å². The number of rotatable bonds is 4. The van der Waals surface area contributed by atoms with Crippen molar-refractivity contribution >= 4 is 6.09 Å². The van der Waals surface area contributed by atoms with E-state index in [-0.39, 0.29) is 12.2 Å². The van der Waals surface area contributed by atoms with Gasteiger partial charge in [-0.2, -0.15) is 5.26 Å². The zero-order chi connectivity index (χ0) is 16.0. The third-order valence-corrected chi connectivity index (χ3v) is 2.44. The molecule has 7 heteroatoms. The third-order valence-electron chi connectivity index (χ3n) is 2.44. The Labute approximate surface area is 123 Å². The number of aliphatic hydroxyl groups is 2. The van der Waals surface area contributed by atoms with Gasteiger partial charge in [0.25, 0.3) is 0 Å². The van der Waals surface area contributed by atoms with Crippen LogP contribution in [0.3, 0.4) is 0 Å². The van der Waals surface area contributed by atoms with Crippen LogP contribution >= 0.6 is 0 Å². The number of ether oxygens (including phenoxy) is 1. The molecule has 0 aliphatic rings. The highest BCUT2D eigenvalue weighted by atomic mass is 16.6. The van der Waals surface area contributed by atoms with E-state index in [2.05, 4.69) is 10.3 Å². The predicted molar refractivity (Wildman–Crippen MR) is 74.2 cm³/mol. The first kappa shape index (κ1) is 16.9. The molecule has 114 valence electrons. The number of nitrogens with zero attached hydrogens (tertiary/aromatic N) is 2. The van der Waals surface area contributed by atoms with E-state index in [9.17, 15) is 15.0 Å². The molecule has 0 aromatic carbocycles. The van der Waals surface area contributed by atoms with Gasteiger partial charge in [-0.05, 0) is 32.9 Å². The molecule has 0 fully saturated rings. The average molecular weight is 293 g/mol. The Morgan fingerprint density at radius 3 is 2.62 bits per heavy atom. The van der Waals surface area contributed by atoms with Crippen LogP contribution in [0.25, 0.3) is 0 Å². The number of nitrogens with one attached hydrogen (secondary N) is 1. The second kappa shape index (κ2) is 7.02. The Morgan fingerprint density at radius 2 is 2.14 bits per heavy atom. The van der Waals surface area contributed by atoms with Crippen LogP contribution < -0.4 is 5.32 Å². The zero-order valence-electron chi connectivity index (χ0n) is 12.2. The topological polar surface area (TPSA) is 115 Å². The number of aromatic nitrogens is 1. The van der Waals surface area contributed by atoms with E-state index >= 15 is 0 Å². The number of carbonyl (C=O) groups is 1. The van der Waals surface area contributed by atoms with Crippen molar-refractivity contribution in [3.8, 4) is 6.07 Å². The van der Waals surface area contributed by atoms with E-state index in [0.29, 0.717) is 5.56 Å². The van der Waals surface area contributed by atoms with E-state index in [1.54, 1.807) is 20.8 Å². The van der Waals surface area contributed by atoms with Gasteiger partial charge in [0.2, 0.25) is 0 Å². The fourth-order valence-corrected chi connectivity index (χ4v) is 1.46. The summed E-state index contributed by atoms with van der Waals surface area (Å²) in [5.41, 5.74) is -0.0673. The van der Waals surface area contributed by atoms with Crippen LogP contribution in [0.4, 0.5) is 4.79 Å². The quantitative estimate of drug-likeness (QED) is 0.758. The standard InChI is InChI=1S/C14H19N3O4/c1-14(2,3)21-13(20)17-8-11(18)12(19)10-5-4-9(6-15)7-16-10/h4-5,7,11-12,18-19H,8H2,1-3H3,(H,17,20). The van der Waals surface area contributed by atoms with E-state index in [4.69, 9.17) is 10.00 Å². The maximum Gasteiger partial charge on any atom is 0.407 e. The maximum atomic E-state index is 11.4. The SMILES string of the molecule is CC(C)(C)OC(=O)NCC(O)C(O)c1ccc(C#N)cn1. The number of hydrogen-bond donors (Lipinski definition) is 3. The van der Waals surface area contributed by atoms with Gasteiger partial charge < -0.3 is 20.3 Å². The van der Waals surface area contributed by atoms with Crippen molar-refractivity contribution in [2.75, 3.05) is 6.54 Å². The van der Waals surface area contributed by atoms with Gasteiger partial charge in [-0.1, -0.05) is 0 Å². The van der Waals surface area contributed by atoms with E-state index in [0.717, 1.165) is 0 Å². The van der Waals surface area contributed by atoms with Crippen molar-refractivity contribution in [1.29, 1.82) is 5.26 Å². The molecule has 21 heavy (non-hydrogen) atoms. The molecule has 1 amide bonds. The molecular formula is C14H19N3O4. The highest BCUT2D eigenvalue weighted by Crippen LogP contribution is 2.14. The van der Waals surface area contributed by atoms with Crippen LogP contribution in [-0.4, -0.2) is 39.5 Å². The second-order valence-electron chi connectivity index (χ2n) is 5.48. The van der Waals surface area contributed by atoms with Gasteiger partial charge in [0.1, 0.15) is 23.9 Å². The molecule has 1 rings (SSSR count). The Balaban J connectivity index is 2.52. The highest BCUT2D eigenvalue weighted by Gasteiger charge is 2.22. The Morgan fingerprint density at radius 1 is 1.48 bits per heavy atom. The number of hydrogen-bond acceptors (Lipinski definition) is 6. The van der Waals surface area contributed by atoms with Gasteiger partial charge in [0.05, 0.1) is 11.3 Å². The van der Waals surface area contributed by atoms with Crippen LogP contribution in [0.1, 0.15) is 38.1 Å². The van der Waals surface area contributed by atoms with Crippen molar-refractivity contribution in [2.45, 2.75) is 38.6 Å². The summed E-state index contributed by atoms with van der Waals surface area (Å²) in [6.45, 7) is 4.98. The highest BCUT2D eigenvalue weighted by molar-refractivity contribution is 5.67. The minimum Gasteiger partial charge on any atom is -0.444 e. The molecule has 0 saturated heterocycles. The lowest BCUT2D eigenvalue weighted by atomic mass is 10.1. The summed E-state index contributed by atoms with van der Waals surface area (Å²) in [6.07, 6.45) is -1.89. The minimum absolute atomic E-state index is 0.183.